The summed E-state index contributed by atoms with van der Waals surface area (Å²) in [5, 5.41) is 2.40. The van der Waals surface area contributed by atoms with Crippen LogP contribution in [0.25, 0.3) is 0 Å². The Morgan fingerprint density at radius 1 is 1.14 bits per heavy atom. The molecule has 0 atom stereocenters. The minimum Gasteiger partial charge on any atom is -0.436 e. The summed E-state index contributed by atoms with van der Waals surface area (Å²) in [5.41, 5.74) is -0.477. The van der Waals surface area contributed by atoms with Crippen molar-refractivity contribution in [2.24, 2.45) is 0 Å². The van der Waals surface area contributed by atoms with Gasteiger partial charge in [-0.15, -0.1) is 0 Å². The zero-order valence-corrected chi connectivity index (χ0v) is 11.1. The normalized spacial score (nSPS) is 11.3. The number of nitrogens with zero attached hydrogens (tertiary/aromatic N) is 2. The maximum absolute atomic E-state index is 13.6. The van der Waals surface area contributed by atoms with Gasteiger partial charge in [0.2, 0.25) is 11.8 Å². The molecule has 21 heavy (non-hydrogen) atoms. The van der Waals surface area contributed by atoms with Crippen molar-refractivity contribution in [2.75, 3.05) is 12.4 Å². The molecule has 0 saturated heterocycles. The first-order valence-corrected chi connectivity index (χ1v) is 5.87. The van der Waals surface area contributed by atoms with Crippen molar-refractivity contribution in [1.29, 1.82) is 0 Å². The van der Waals surface area contributed by atoms with Gasteiger partial charge in [-0.25, -0.2) is 9.37 Å². The topological polar surface area (TPSA) is 47.0 Å². The van der Waals surface area contributed by atoms with E-state index in [1.54, 1.807) is 6.92 Å². The summed E-state index contributed by atoms with van der Waals surface area (Å²) in [4.78, 5) is 7.00. The Hall–Kier alpha value is -2.38. The van der Waals surface area contributed by atoms with Crippen molar-refractivity contribution in [2.45, 2.75) is 13.1 Å². The number of rotatable bonds is 3. The van der Waals surface area contributed by atoms with E-state index in [2.05, 4.69) is 15.3 Å². The lowest BCUT2D eigenvalue weighted by Gasteiger charge is -2.11. The first-order chi connectivity index (χ1) is 9.79. The van der Waals surface area contributed by atoms with Gasteiger partial charge >= 0.3 is 6.18 Å². The van der Waals surface area contributed by atoms with Crippen molar-refractivity contribution in [3.05, 3.63) is 41.3 Å². The molecule has 0 bridgehead atoms. The summed E-state index contributed by atoms with van der Waals surface area (Å²) in [7, 11) is 1.37. The number of alkyl halides is 3. The quantitative estimate of drug-likeness (QED) is 0.877. The second-order valence-electron chi connectivity index (χ2n) is 4.20. The average molecular weight is 301 g/mol. The highest BCUT2D eigenvalue weighted by Gasteiger charge is 2.34. The molecule has 0 unspecified atom stereocenters. The van der Waals surface area contributed by atoms with Crippen LogP contribution in [0.15, 0.2) is 24.3 Å². The number of hydrogen-bond donors (Lipinski definition) is 1. The summed E-state index contributed by atoms with van der Waals surface area (Å²) in [6, 6.07) is 4.66. The van der Waals surface area contributed by atoms with E-state index in [1.807, 2.05) is 0 Å². The van der Waals surface area contributed by atoms with E-state index >= 15 is 0 Å². The van der Waals surface area contributed by atoms with Crippen LogP contribution in [0.5, 0.6) is 11.6 Å². The zero-order chi connectivity index (χ0) is 15.6. The SMILES string of the molecule is CNc1nc(Oc2cc(C)ccc2F)cc(C(F)(F)F)n1. The third-order valence-electron chi connectivity index (χ3n) is 2.52. The second kappa shape index (κ2) is 5.55. The summed E-state index contributed by atoms with van der Waals surface area (Å²) in [6.45, 7) is 1.70. The predicted molar refractivity (Wildman–Crippen MR) is 67.8 cm³/mol. The number of halogens is 4. The Balaban J connectivity index is 2.42. The van der Waals surface area contributed by atoms with Crippen LogP contribution in [0, 0.1) is 12.7 Å². The Labute approximate surface area is 117 Å². The minimum absolute atomic E-state index is 0.205. The highest BCUT2D eigenvalue weighted by molar-refractivity contribution is 5.36. The largest absolute Gasteiger partial charge is 0.436 e. The van der Waals surface area contributed by atoms with Crippen molar-refractivity contribution in [3.63, 3.8) is 0 Å². The van der Waals surface area contributed by atoms with Crippen molar-refractivity contribution in [1.82, 2.24) is 9.97 Å². The maximum Gasteiger partial charge on any atom is 0.433 e. The number of anilines is 1. The predicted octanol–water partition coefficient (Wildman–Crippen LogP) is 3.78. The molecule has 1 N–H and O–H groups in total. The van der Waals surface area contributed by atoms with Crippen LogP contribution in [0.3, 0.4) is 0 Å². The molecule has 112 valence electrons. The summed E-state index contributed by atoms with van der Waals surface area (Å²) < 4.78 is 56.8. The van der Waals surface area contributed by atoms with Gasteiger partial charge in [-0.05, 0) is 24.6 Å². The fraction of sp³-hybridized carbons (Fsp3) is 0.231. The number of nitrogens with one attached hydrogen (secondary N) is 1. The van der Waals surface area contributed by atoms with Crippen molar-refractivity contribution in [3.8, 4) is 11.6 Å². The fourth-order valence-electron chi connectivity index (χ4n) is 1.54. The monoisotopic (exact) mass is 301 g/mol. The standard InChI is InChI=1S/C13H11F4N3O/c1-7-3-4-8(14)9(5-7)21-11-6-10(13(15,16)17)19-12(18-2)20-11/h3-6H,1-2H3,(H,18,19,20). The van der Waals surface area contributed by atoms with E-state index in [1.165, 1.54) is 19.2 Å². The van der Waals surface area contributed by atoms with Gasteiger partial charge < -0.3 is 10.1 Å². The molecule has 0 saturated carbocycles. The lowest BCUT2D eigenvalue weighted by atomic mass is 10.2. The average Bonchev–Trinajstić information content (AvgIpc) is 2.41. The summed E-state index contributed by atoms with van der Waals surface area (Å²) in [5.74, 6) is -1.57. The second-order valence-corrected chi connectivity index (χ2v) is 4.20. The molecular weight excluding hydrogens is 290 g/mol. The highest BCUT2D eigenvalue weighted by Crippen LogP contribution is 2.32. The number of aryl methyl sites for hydroxylation is 1. The molecule has 1 aromatic carbocycles. The first kappa shape index (κ1) is 15.0. The van der Waals surface area contributed by atoms with Crippen LogP contribution < -0.4 is 10.1 Å². The molecule has 4 nitrogen and oxygen atoms in total. The molecule has 0 aliphatic rings. The van der Waals surface area contributed by atoms with Crippen LogP contribution in [-0.4, -0.2) is 17.0 Å². The van der Waals surface area contributed by atoms with Crippen LogP contribution in [0.4, 0.5) is 23.5 Å². The van der Waals surface area contributed by atoms with Gasteiger partial charge in [-0.3, -0.25) is 0 Å². The molecule has 1 aromatic heterocycles. The number of hydrogen-bond acceptors (Lipinski definition) is 4. The molecule has 0 aliphatic carbocycles. The molecular formula is C13H11F4N3O. The highest BCUT2D eigenvalue weighted by atomic mass is 19.4. The van der Waals surface area contributed by atoms with Crippen molar-refractivity contribution < 1.29 is 22.3 Å². The van der Waals surface area contributed by atoms with Gasteiger partial charge in [0.15, 0.2) is 17.3 Å². The molecule has 0 radical (unpaired) electrons. The van der Waals surface area contributed by atoms with E-state index in [0.717, 1.165) is 6.07 Å². The number of aromatic nitrogens is 2. The van der Waals surface area contributed by atoms with Gasteiger partial charge in [-0.2, -0.15) is 18.2 Å². The van der Waals surface area contributed by atoms with E-state index in [0.29, 0.717) is 11.6 Å². The minimum atomic E-state index is -4.65. The lowest BCUT2D eigenvalue weighted by Crippen LogP contribution is -2.11. The fourth-order valence-corrected chi connectivity index (χ4v) is 1.54. The van der Waals surface area contributed by atoms with Gasteiger partial charge in [0, 0.05) is 13.1 Å². The van der Waals surface area contributed by atoms with Crippen LogP contribution in [-0.2, 0) is 6.18 Å². The number of benzene rings is 1. The smallest absolute Gasteiger partial charge is 0.433 e. The Morgan fingerprint density at radius 2 is 1.86 bits per heavy atom. The van der Waals surface area contributed by atoms with Crippen LogP contribution in [0.2, 0.25) is 0 Å². The van der Waals surface area contributed by atoms with Crippen LogP contribution in [0.1, 0.15) is 11.3 Å². The lowest BCUT2D eigenvalue weighted by molar-refractivity contribution is -0.141. The van der Waals surface area contributed by atoms with E-state index in [4.69, 9.17) is 4.74 Å². The zero-order valence-electron chi connectivity index (χ0n) is 11.1. The third-order valence-corrected chi connectivity index (χ3v) is 2.52. The molecule has 0 aliphatic heterocycles. The first-order valence-electron chi connectivity index (χ1n) is 5.87. The summed E-state index contributed by atoms with van der Waals surface area (Å²) >= 11 is 0. The van der Waals surface area contributed by atoms with Crippen molar-refractivity contribution >= 4 is 5.95 Å². The Morgan fingerprint density at radius 3 is 2.48 bits per heavy atom. The molecule has 8 heteroatoms. The summed E-state index contributed by atoms with van der Waals surface area (Å²) in [6.07, 6.45) is -4.65. The molecule has 0 spiro atoms. The number of ether oxygens (including phenoxy) is 1. The molecule has 2 aromatic rings. The van der Waals surface area contributed by atoms with Gasteiger partial charge in [-0.1, -0.05) is 6.07 Å². The molecule has 0 amide bonds. The third kappa shape index (κ3) is 3.59. The van der Waals surface area contributed by atoms with Gasteiger partial charge in [0.05, 0.1) is 0 Å². The molecule has 2 rings (SSSR count). The van der Waals surface area contributed by atoms with E-state index in [-0.39, 0.29) is 11.7 Å². The van der Waals surface area contributed by atoms with Crippen LogP contribution >= 0.6 is 0 Å². The van der Waals surface area contributed by atoms with E-state index < -0.39 is 23.6 Å². The molecule has 1 heterocycles. The van der Waals surface area contributed by atoms with Gasteiger partial charge in [0.25, 0.3) is 0 Å². The molecule has 0 fully saturated rings. The van der Waals surface area contributed by atoms with Gasteiger partial charge in [0.1, 0.15) is 0 Å². The maximum atomic E-state index is 13.6. The Bertz CT molecular complexity index is 658. The Kier molecular flexibility index (Phi) is 3.97. The van der Waals surface area contributed by atoms with E-state index in [9.17, 15) is 17.6 Å².